The molecule has 28 heteroatoms. The molecule has 8 atom stereocenters. The van der Waals surface area contributed by atoms with E-state index in [1.165, 1.54) is 104 Å². The quantitative estimate of drug-likeness (QED) is 0.0261. The number of anilines is 1. The average Bonchev–Trinajstić information content (AvgIpc) is 3.86. The Labute approximate surface area is 420 Å². The molecule has 0 spiro atoms. The molecule has 2 aromatic rings. The fraction of sp³-hybridized carbons (Fsp3) is 0.814. The number of phosphoric acid groups is 3. The number of carbonyl (C=O) groups excluding carboxylic acids is 3. The van der Waals surface area contributed by atoms with Crippen molar-refractivity contribution >= 4 is 69.1 Å². The van der Waals surface area contributed by atoms with Gasteiger partial charge in [-0.2, -0.15) is 4.31 Å². The van der Waals surface area contributed by atoms with Crippen LogP contribution in [0.4, 0.5) is 5.82 Å². The number of thioether (sulfide) groups is 1. The van der Waals surface area contributed by atoms with E-state index in [1.807, 2.05) is 0 Å². The molecule has 0 aromatic carbocycles. The van der Waals surface area contributed by atoms with Gasteiger partial charge in [0.05, 0.1) is 19.5 Å². The summed E-state index contributed by atoms with van der Waals surface area (Å²) in [5, 5.41) is 26.7. The highest BCUT2D eigenvalue weighted by Gasteiger charge is 2.50. The van der Waals surface area contributed by atoms with Gasteiger partial charge in [-0.25, -0.2) is 28.6 Å². The number of nitrogens with one attached hydrogen (secondary N) is 2. The van der Waals surface area contributed by atoms with Gasteiger partial charge in [-0.15, -0.1) is 0 Å². The topological polar surface area (TPSA) is 364 Å². The zero-order chi connectivity index (χ0) is 52.7. The number of nitrogen functional groups attached to an aromatic ring is 1. The Morgan fingerprint density at radius 2 is 1.44 bits per heavy atom. The number of rotatable bonds is 38. The van der Waals surface area contributed by atoms with Crippen molar-refractivity contribution in [1.29, 1.82) is 0 Å². The summed E-state index contributed by atoms with van der Waals surface area (Å²) in [4.78, 5) is 88.5. The van der Waals surface area contributed by atoms with Gasteiger partial charge in [-0.05, 0) is 12.3 Å². The SMILES string of the molecule is CCCCCCCC(C)CCCCCCCCCCCCC(=O)SCCNC(=O)CCNC(=O)C(O)C(C)(C)COP(=O)(O)OP(=O)(O)OCC1OC(n2cnc3c(N)ncnc32)C(O)C1OP(=O)(O)O. The molecule has 1 fully saturated rings. The summed E-state index contributed by atoms with van der Waals surface area (Å²) in [6.45, 7) is 5.24. The Hall–Kier alpha value is -2.44. The van der Waals surface area contributed by atoms with Gasteiger partial charge in [0, 0.05) is 37.1 Å². The van der Waals surface area contributed by atoms with Crippen LogP contribution in [0.25, 0.3) is 11.2 Å². The number of aliphatic hydroxyl groups is 2. The van der Waals surface area contributed by atoms with Crippen molar-refractivity contribution in [2.45, 2.75) is 180 Å². The van der Waals surface area contributed by atoms with E-state index in [2.05, 4.69) is 48.3 Å². The van der Waals surface area contributed by atoms with Crippen LogP contribution in [0.15, 0.2) is 12.7 Å². The summed E-state index contributed by atoms with van der Waals surface area (Å²) < 4.78 is 62.5. The number of aliphatic hydroxyl groups excluding tert-OH is 2. The van der Waals surface area contributed by atoms with Gasteiger partial charge in [0.15, 0.2) is 22.8 Å². The average molecular weight is 1090 g/mol. The molecule has 10 N–H and O–H groups in total. The Bertz CT molecular complexity index is 2080. The van der Waals surface area contributed by atoms with E-state index in [0.717, 1.165) is 54.2 Å². The lowest BCUT2D eigenvalue weighted by atomic mass is 9.87. The minimum atomic E-state index is -5.58. The van der Waals surface area contributed by atoms with Gasteiger partial charge in [0.25, 0.3) is 0 Å². The number of phosphoric ester groups is 3. The second kappa shape index (κ2) is 31.4. The van der Waals surface area contributed by atoms with E-state index < -0.39 is 84.6 Å². The van der Waals surface area contributed by atoms with Gasteiger partial charge in [0.2, 0.25) is 11.8 Å². The molecule has 408 valence electrons. The number of carbonyl (C=O) groups is 3. The van der Waals surface area contributed by atoms with Crippen LogP contribution < -0.4 is 16.4 Å². The number of imidazole rings is 1. The standard InChI is InChI=1S/C43H78N7O17P3S/c1-5-6-7-14-17-20-31(2)21-18-15-12-10-8-9-11-13-16-19-22-34(52)71-26-25-45-33(51)23-24-46-41(55)38(54)43(3,4)28-64-70(61,62)67-69(59,60)63-27-32-37(66-68(56,57)58)36(53)42(65-32)50-30-49-35-39(44)47-29-48-40(35)50/h29-32,36-38,42,53-54H,5-28H2,1-4H3,(H,45,51)(H,46,55)(H,59,60)(H,61,62)(H2,44,47,48)(H2,56,57,58). The van der Waals surface area contributed by atoms with Gasteiger partial charge in [-0.3, -0.25) is 32.5 Å². The first-order valence-corrected chi connectivity index (χ1v) is 30.0. The highest BCUT2D eigenvalue weighted by atomic mass is 32.2. The number of hydrogen-bond acceptors (Lipinski definition) is 18. The molecule has 3 rings (SSSR count). The Morgan fingerprint density at radius 3 is 2.06 bits per heavy atom. The van der Waals surface area contributed by atoms with Crippen LogP contribution in [0.1, 0.15) is 156 Å². The summed E-state index contributed by atoms with van der Waals surface area (Å²) in [7, 11) is -16.4. The van der Waals surface area contributed by atoms with Crippen LogP contribution in [0.3, 0.4) is 0 Å². The molecular weight excluding hydrogens is 1010 g/mol. The summed E-state index contributed by atoms with van der Waals surface area (Å²) in [6, 6.07) is 0. The highest BCUT2D eigenvalue weighted by Crippen LogP contribution is 2.61. The van der Waals surface area contributed by atoms with Crippen LogP contribution in [0, 0.1) is 11.3 Å². The second-order valence-electron chi connectivity index (χ2n) is 18.7. The molecule has 1 saturated heterocycles. The zero-order valence-electron chi connectivity index (χ0n) is 41.4. The number of hydrogen-bond donors (Lipinski definition) is 9. The van der Waals surface area contributed by atoms with Crippen LogP contribution in [0.5, 0.6) is 0 Å². The van der Waals surface area contributed by atoms with Crippen LogP contribution in [-0.4, -0.2) is 123 Å². The number of unbranched alkanes of at least 4 members (excludes halogenated alkanes) is 13. The molecule has 0 bridgehead atoms. The molecule has 0 aliphatic carbocycles. The van der Waals surface area contributed by atoms with E-state index in [1.54, 1.807) is 0 Å². The Balaban J connectivity index is 1.25. The third kappa shape index (κ3) is 24.2. The smallest absolute Gasteiger partial charge is 0.386 e. The minimum absolute atomic E-state index is 0.0342. The molecule has 1 aliphatic heterocycles. The fourth-order valence-electron chi connectivity index (χ4n) is 7.78. The van der Waals surface area contributed by atoms with Gasteiger partial charge in [-0.1, -0.05) is 142 Å². The van der Waals surface area contributed by atoms with Crippen molar-refractivity contribution in [2.24, 2.45) is 11.3 Å². The van der Waals surface area contributed by atoms with Gasteiger partial charge in [0.1, 0.15) is 36.3 Å². The van der Waals surface area contributed by atoms with Crippen molar-refractivity contribution in [1.82, 2.24) is 30.2 Å². The number of fused-ring (bicyclic) bond motifs is 1. The number of ether oxygens (including phenoxy) is 1. The van der Waals surface area contributed by atoms with E-state index in [9.17, 15) is 57.9 Å². The number of amides is 2. The molecule has 71 heavy (non-hydrogen) atoms. The molecule has 8 unspecified atom stereocenters. The second-order valence-corrected chi connectivity index (χ2v) is 24.1. The van der Waals surface area contributed by atoms with Crippen molar-refractivity contribution < 1.29 is 80.5 Å². The maximum absolute atomic E-state index is 12.8. The lowest BCUT2D eigenvalue weighted by Gasteiger charge is -2.30. The maximum atomic E-state index is 12.8. The molecule has 3 heterocycles. The summed E-state index contributed by atoms with van der Waals surface area (Å²) >= 11 is 1.16. The van der Waals surface area contributed by atoms with E-state index in [0.29, 0.717) is 12.2 Å². The lowest BCUT2D eigenvalue weighted by molar-refractivity contribution is -0.137. The fourth-order valence-corrected chi connectivity index (χ4v) is 11.3. The number of aromatic nitrogens is 4. The van der Waals surface area contributed by atoms with Crippen molar-refractivity contribution in [3.8, 4) is 0 Å². The molecule has 0 radical (unpaired) electrons. The Kier molecular flexibility index (Phi) is 27.8. The molecule has 2 amide bonds. The molecule has 0 saturated carbocycles. The van der Waals surface area contributed by atoms with Crippen molar-refractivity contribution in [3.63, 3.8) is 0 Å². The monoisotopic (exact) mass is 1090 g/mol. The van der Waals surface area contributed by atoms with Crippen LogP contribution in [0.2, 0.25) is 0 Å². The predicted molar refractivity (Wildman–Crippen MR) is 265 cm³/mol. The first kappa shape index (κ1) is 62.9. The van der Waals surface area contributed by atoms with Crippen LogP contribution >= 0.6 is 35.2 Å². The summed E-state index contributed by atoms with van der Waals surface area (Å²) in [5.74, 6) is -0.167. The first-order chi connectivity index (χ1) is 33.4. The Morgan fingerprint density at radius 1 is 0.845 bits per heavy atom. The van der Waals surface area contributed by atoms with Crippen molar-refractivity contribution in [3.05, 3.63) is 12.7 Å². The third-order valence-electron chi connectivity index (χ3n) is 11.9. The largest absolute Gasteiger partial charge is 0.481 e. The van der Waals surface area contributed by atoms with E-state index in [4.69, 9.17) is 19.5 Å². The number of nitrogens with zero attached hydrogens (tertiary/aromatic N) is 4. The molecule has 2 aromatic heterocycles. The number of nitrogens with two attached hydrogens (primary N) is 1. The first-order valence-electron chi connectivity index (χ1n) is 24.5. The maximum Gasteiger partial charge on any atom is 0.481 e. The van der Waals surface area contributed by atoms with Crippen molar-refractivity contribution in [2.75, 3.05) is 37.8 Å². The minimum Gasteiger partial charge on any atom is -0.386 e. The van der Waals surface area contributed by atoms with Gasteiger partial charge >= 0.3 is 23.5 Å². The molecule has 24 nitrogen and oxygen atoms in total. The lowest BCUT2D eigenvalue weighted by Crippen LogP contribution is -2.46. The summed E-state index contributed by atoms with van der Waals surface area (Å²) in [6.07, 6.45) is 15.1. The van der Waals surface area contributed by atoms with Crippen LogP contribution in [-0.2, 0) is 50.7 Å². The van der Waals surface area contributed by atoms with E-state index in [-0.39, 0.29) is 41.6 Å². The predicted octanol–water partition coefficient (Wildman–Crippen LogP) is 6.34. The molecule has 1 aliphatic rings. The molecular formula is C43H78N7O17P3S. The third-order valence-corrected chi connectivity index (χ3v) is 15.9. The summed E-state index contributed by atoms with van der Waals surface area (Å²) in [5.41, 5.74) is 4.29. The normalized spacial score (nSPS) is 20.1. The van der Waals surface area contributed by atoms with Gasteiger partial charge < -0.3 is 50.9 Å². The highest BCUT2D eigenvalue weighted by molar-refractivity contribution is 8.13. The zero-order valence-corrected chi connectivity index (χ0v) is 44.9. The van der Waals surface area contributed by atoms with E-state index >= 15 is 0 Å².